The molecule has 3 heteroatoms. The molecule has 1 fully saturated rings. The first-order chi connectivity index (χ1) is 9.61. The predicted molar refractivity (Wildman–Crippen MR) is 78.3 cm³/mol. The number of hydrogen-bond donors (Lipinski definition) is 0. The van der Waals surface area contributed by atoms with Gasteiger partial charge in [-0.25, -0.2) is 0 Å². The van der Waals surface area contributed by atoms with Crippen LogP contribution in [0.4, 0.5) is 5.69 Å². The van der Waals surface area contributed by atoms with Crippen LogP contribution in [0.3, 0.4) is 0 Å². The Hall–Kier alpha value is -1.90. The lowest BCUT2D eigenvalue weighted by Crippen LogP contribution is -2.30. The summed E-state index contributed by atoms with van der Waals surface area (Å²) in [6, 6.07) is 7.74. The molecule has 1 aliphatic heterocycles. The van der Waals surface area contributed by atoms with E-state index in [0.717, 1.165) is 24.1 Å². The zero-order valence-corrected chi connectivity index (χ0v) is 11.9. The third-order valence-corrected chi connectivity index (χ3v) is 4.40. The summed E-state index contributed by atoms with van der Waals surface area (Å²) in [7, 11) is 0. The average molecular weight is 269 g/mol. The summed E-state index contributed by atoms with van der Waals surface area (Å²) in [5.41, 5.74) is 3.09. The average Bonchev–Trinajstić information content (AvgIpc) is 2.70. The first kappa shape index (κ1) is 13.1. The van der Waals surface area contributed by atoms with Crippen LogP contribution in [-0.2, 0) is 16.0 Å². The van der Waals surface area contributed by atoms with Gasteiger partial charge in [0.05, 0.1) is 17.5 Å². The van der Waals surface area contributed by atoms with Gasteiger partial charge >= 0.3 is 0 Å². The highest BCUT2D eigenvalue weighted by Crippen LogP contribution is 2.39. The number of fused-ring (bicyclic) bond motifs is 1. The van der Waals surface area contributed by atoms with E-state index in [1.54, 1.807) is 0 Å². The molecule has 20 heavy (non-hydrogen) atoms. The molecular formula is C17H19NO2. The van der Waals surface area contributed by atoms with E-state index in [-0.39, 0.29) is 23.7 Å². The first-order valence-corrected chi connectivity index (χ1v) is 7.24. The number of carbonyl (C=O) groups is 2. The Labute approximate surface area is 119 Å². The van der Waals surface area contributed by atoms with Crippen molar-refractivity contribution >= 4 is 17.5 Å². The van der Waals surface area contributed by atoms with Gasteiger partial charge in [0.25, 0.3) is 0 Å². The van der Waals surface area contributed by atoms with Gasteiger partial charge in [0, 0.05) is 0 Å². The third kappa shape index (κ3) is 1.98. The second kappa shape index (κ2) is 4.89. The van der Waals surface area contributed by atoms with Crippen molar-refractivity contribution in [1.82, 2.24) is 0 Å². The Morgan fingerprint density at radius 3 is 2.70 bits per heavy atom. The van der Waals surface area contributed by atoms with Crippen molar-refractivity contribution in [3.63, 3.8) is 0 Å². The lowest BCUT2D eigenvalue weighted by Gasteiger charge is -2.18. The van der Waals surface area contributed by atoms with E-state index < -0.39 is 0 Å². The van der Waals surface area contributed by atoms with E-state index in [1.807, 2.05) is 31.2 Å². The topological polar surface area (TPSA) is 37.4 Å². The Kier molecular flexibility index (Phi) is 3.20. The van der Waals surface area contributed by atoms with Crippen LogP contribution < -0.4 is 4.90 Å². The van der Waals surface area contributed by atoms with Gasteiger partial charge in [0.1, 0.15) is 0 Å². The molecule has 2 amide bonds. The summed E-state index contributed by atoms with van der Waals surface area (Å²) < 4.78 is 0. The number of benzene rings is 1. The second-order valence-corrected chi connectivity index (χ2v) is 5.74. The second-order valence-electron chi connectivity index (χ2n) is 5.74. The molecule has 0 spiro atoms. The summed E-state index contributed by atoms with van der Waals surface area (Å²) in [5.74, 6) is -0.369. The molecule has 0 aromatic heterocycles. The van der Waals surface area contributed by atoms with Gasteiger partial charge in [-0.2, -0.15) is 0 Å². The third-order valence-electron chi connectivity index (χ3n) is 4.40. The number of carbonyl (C=O) groups excluding carboxylic acids is 2. The number of nitrogens with zero attached hydrogens (tertiary/aromatic N) is 1. The molecule has 0 bridgehead atoms. The van der Waals surface area contributed by atoms with E-state index in [9.17, 15) is 9.59 Å². The Balaban J connectivity index is 1.95. The molecule has 1 saturated heterocycles. The van der Waals surface area contributed by atoms with Gasteiger partial charge in [0.15, 0.2) is 0 Å². The number of allylic oxidation sites excluding steroid dienone is 2. The van der Waals surface area contributed by atoms with Crippen LogP contribution in [0.5, 0.6) is 0 Å². The van der Waals surface area contributed by atoms with Crippen molar-refractivity contribution in [1.29, 1.82) is 0 Å². The van der Waals surface area contributed by atoms with Crippen molar-refractivity contribution in [2.75, 3.05) is 4.90 Å². The lowest BCUT2D eigenvalue weighted by atomic mass is 9.82. The molecule has 1 aliphatic carbocycles. The van der Waals surface area contributed by atoms with Crippen molar-refractivity contribution in [2.24, 2.45) is 11.8 Å². The molecule has 3 nitrogen and oxygen atoms in total. The highest BCUT2D eigenvalue weighted by atomic mass is 16.2. The van der Waals surface area contributed by atoms with E-state index in [2.05, 4.69) is 13.0 Å². The molecule has 104 valence electrons. The van der Waals surface area contributed by atoms with Gasteiger partial charge in [-0.15, -0.1) is 0 Å². The number of amides is 2. The maximum absolute atomic E-state index is 12.6. The van der Waals surface area contributed by atoms with Gasteiger partial charge in [0.2, 0.25) is 11.8 Å². The van der Waals surface area contributed by atoms with Gasteiger partial charge < -0.3 is 0 Å². The van der Waals surface area contributed by atoms with Crippen LogP contribution in [0.1, 0.15) is 32.3 Å². The van der Waals surface area contributed by atoms with E-state index in [4.69, 9.17) is 0 Å². The van der Waals surface area contributed by atoms with Gasteiger partial charge in [-0.3, -0.25) is 14.5 Å². The number of anilines is 1. The summed E-state index contributed by atoms with van der Waals surface area (Å²) in [6.45, 7) is 4.11. The van der Waals surface area contributed by atoms with Crippen LogP contribution in [-0.4, -0.2) is 11.8 Å². The molecule has 2 unspecified atom stereocenters. The summed E-state index contributed by atoms with van der Waals surface area (Å²) >= 11 is 0. The zero-order chi connectivity index (χ0) is 14.3. The normalized spacial score (nSPS) is 25.7. The maximum Gasteiger partial charge on any atom is 0.238 e. The highest BCUT2D eigenvalue weighted by molar-refractivity contribution is 6.22. The molecule has 1 aromatic carbocycles. The lowest BCUT2D eigenvalue weighted by molar-refractivity contribution is -0.122. The van der Waals surface area contributed by atoms with E-state index >= 15 is 0 Å². The number of imide groups is 1. The Morgan fingerprint density at radius 2 is 1.95 bits per heavy atom. The van der Waals surface area contributed by atoms with Crippen molar-refractivity contribution in [2.45, 2.75) is 33.1 Å². The van der Waals surface area contributed by atoms with Crippen LogP contribution in [0.2, 0.25) is 0 Å². The molecule has 0 saturated carbocycles. The SMILES string of the molecule is CCc1cccc(N2C(=O)C3CC=C(C)CC3C2=O)c1. The molecule has 0 N–H and O–H groups in total. The van der Waals surface area contributed by atoms with E-state index in [1.165, 1.54) is 10.5 Å². The van der Waals surface area contributed by atoms with Crippen LogP contribution in [0, 0.1) is 11.8 Å². The quantitative estimate of drug-likeness (QED) is 0.611. The molecule has 2 aliphatic rings. The molecule has 1 heterocycles. The van der Waals surface area contributed by atoms with Crippen LogP contribution in [0.25, 0.3) is 0 Å². The van der Waals surface area contributed by atoms with Crippen molar-refractivity contribution in [3.8, 4) is 0 Å². The number of hydrogen-bond acceptors (Lipinski definition) is 2. The minimum Gasteiger partial charge on any atom is -0.274 e. The van der Waals surface area contributed by atoms with Crippen LogP contribution >= 0.6 is 0 Å². The summed E-state index contributed by atoms with van der Waals surface area (Å²) in [4.78, 5) is 26.5. The fourth-order valence-corrected chi connectivity index (χ4v) is 3.21. The zero-order valence-electron chi connectivity index (χ0n) is 11.9. The molecule has 2 atom stereocenters. The van der Waals surface area contributed by atoms with Crippen molar-refractivity contribution < 1.29 is 9.59 Å². The molecule has 1 aromatic rings. The Bertz CT molecular complexity index is 603. The minimum absolute atomic E-state index is 0.0271. The standard InChI is InChI=1S/C17H19NO2/c1-3-12-5-4-6-13(10-12)18-16(19)14-8-7-11(2)9-15(14)17(18)20/h4-7,10,14-15H,3,8-9H2,1-2H3. The summed E-state index contributed by atoms with van der Waals surface area (Å²) in [6.07, 6.45) is 4.42. The Morgan fingerprint density at radius 1 is 1.20 bits per heavy atom. The fourth-order valence-electron chi connectivity index (χ4n) is 3.21. The molecule has 3 rings (SSSR count). The molecule has 0 radical (unpaired) electrons. The maximum atomic E-state index is 12.6. The van der Waals surface area contributed by atoms with Gasteiger partial charge in [-0.05, 0) is 43.9 Å². The molecular weight excluding hydrogens is 250 g/mol. The number of aryl methyl sites for hydroxylation is 1. The van der Waals surface area contributed by atoms with Crippen molar-refractivity contribution in [3.05, 3.63) is 41.5 Å². The summed E-state index contributed by atoms with van der Waals surface area (Å²) in [5, 5.41) is 0. The largest absolute Gasteiger partial charge is 0.274 e. The smallest absolute Gasteiger partial charge is 0.238 e. The van der Waals surface area contributed by atoms with E-state index in [0.29, 0.717) is 6.42 Å². The minimum atomic E-state index is -0.156. The first-order valence-electron chi connectivity index (χ1n) is 7.24. The highest BCUT2D eigenvalue weighted by Gasteiger charge is 2.48. The predicted octanol–water partition coefficient (Wildman–Crippen LogP) is 3.09. The van der Waals surface area contributed by atoms with Gasteiger partial charge in [-0.1, -0.05) is 30.7 Å². The van der Waals surface area contributed by atoms with Crippen LogP contribution in [0.15, 0.2) is 35.9 Å². The fraction of sp³-hybridized carbons (Fsp3) is 0.412. The number of rotatable bonds is 2. The monoisotopic (exact) mass is 269 g/mol.